The molecule has 6 heteroatoms. The Morgan fingerprint density at radius 3 is 2.00 bits per heavy atom. The lowest BCUT2D eigenvalue weighted by Crippen LogP contribution is -2.24. The van der Waals surface area contributed by atoms with E-state index in [1.165, 1.54) is 0 Å². The van der Waals surface area contributed by atoms with E-state index in [-0.39, 0.29) is 26.4 Å². The highest BCUT2D eigenvalue weighted by Crippen LogP contribution is 2.36. The maximum absolute atomic E-state index is 10.0. The first-order valence-electron chi connectivity index (χ1n) is 9.58. The Bertz CT molecular complexity index is 788. The SMILES string of the molecule is C=CCOCC(O)COc1cc(C)c(OCC(O)COCC=C)c2ccccc12. The molecule has 6 nitrogen and oxygen atoms in total. The number of aryl methyl sites for hydroxylation is 1. The molecule has 0 aliphatic carbocycles. The van der Waals surface area contributed by atoms with Gasteiger partial charge in [-0.1, -0.05) is 36.4 Å². The molecule has 0 bridgehead atoms. The van der Waals surface area contributed by atoms with Gasteiger partial charge in [0.15, 0.2) is 0 Å². The summed E-state index contributed by atoms with van der Waals surface area (Å²) in [7, 11) is 0. The third kappa shape index (κ3) is 7.18. The van der Waals surface area contributed by atoms with Crippen LogP contribution in [-0.2, 0) is 9.47 Å². The Balaban J connectivity index is 2.08. The van der Waals surface area contributed by atoms with Crippen molar-refractivity contribution < 1.29 is 29.2 Å². The van der Waals surface area contributed by atoms with Crippen LogP contribution in [0.5, 0.6) is 11.5 Å². The molecular weight excluding hydrogens is 372 g/mol. The molecule has 0 saturated carbocycles. The number of rotatable bonds is 14. The minimum absolute atomic E-state index is 0.111. The third-order valence-electron chi connectivity index (χ3n) is 4.09. The van der Waals surface area contributed by atoms with Crippen molar-refractivity contribution in [2.45, 2.75) is 19.1 Å². The Kier molecular flexibility index (Phi) is 9.67. The zero-order chi connectivity index (χ0) is 21.1. The van der Waals surface area contributed by atoms with Gasteiger partial charge in [-0.05, 0) is 18.6 Å². The molecule has 0 radical (unpaired) electrons. The van der Waals surface area contributed by atoms with E-state index in [9.17, 15) is 10.2 Å². The van der Waals surface area contributed by atoms with E-state index >= 15 is 0 Å². The Labute approximate surface area is 172 Å². The average Bonchev–Trinajstić information content (AvgIpc) is 2.72. The molecular formula is C23H30O6. The second kappa shape index (κ2) is 12.2. The summed E-state index contributed by atoms with van der Waals surface area (Å²) >= 11 is 0. The molecule has 2 N–H and O–H groups in total. The molecule has 0 aliphatic heterocycles. The van der Waals surface area contributed by atoms with Crippen LogP contribution in [0.4, 0.5) is 0 Å². The lowest BCUT2D eigenvalue weighted by atomic mass is 10.0. The molecule has 2 aromatic carbocycles. The van der Waals surface area contributed by atoms with Gasteiger partial charge in [0, 0.05) is 10.8 Å². The van der Waals surface area contributed by atoms with Gasteiger partial charge < -0.3 is 29.2 Å². The maximum Gasteiger partial charge on any atom is 0.130 e. The number of hydrogen-bond donors (Lipinski definition) is 2. The summed E-state index contributed by atoms with van der Waals surface area (Å²) in [5.74, 6) is 1.34. The van der Waals surface area contributed by atoms with Crippen LogP contribution in [-0.4, -0.2) is 62.1 Å². The Morgan fingerprint density at radius 2 is 1.41 bits per heavy atom. The molecule has 0 spiro atoms. The van der Waals surface area contributed by atoms with E-state index in [0.717, 1.165) is 16.3 Å². The van der Waals surface area contributed by atoms with Gasteiger partial charge in [-0.25, -0.2) is 0 Å². The molecule has 0 saturated heterocycles. The molecule has 0 heterocycles. The van der Waals surface area contributed by atoms with Gasteiger partial charge in [0.05, 0.1) is 26.4 Å². The highest BCUT2D eigenvalue weighted by atomic mass is 16.5. The van der Waals surface area contributed by atoms with Crippen LogP contribution >= 0.6 is 0 Å². The number of aliphatic hydroxyl groups excluding tert-OH is 2. The lowest BCUT2D eigenvalue weighted by molar-refractivity contribution is 0.0210. The molecule has 2 aromatic rings. The first kappa shape index (κ1) is 22.9. The molecule has 2 rings (SSSR count). The fourth-order valence-electron chi connectivity index (χ4n) is 2.80. The molecule has 2 unspecified atom stereocenters. The van der Waals surface area contributed by atoms with Crippen molar-refractivity contribution in [3.05, 3.63) is 61.2 Å². The van der Waals surface area contributed by atoms with E-state index in [0.29, 0.717) is 24.7 Å². The maximum atomic E-state index is 10.0. The molecule has 29 heavy (non-hydrogen) atoms. The monoisotopic (exact) mass is 402 g/mol. The summed E-state index contributed by atoms with van der Waals surface area (Å²) in [6.07, 6.45) is 1.78. The van der Waals surface area contributed by atoms with Gasteiger partial charge in [-0.15, -0.1) is 13.2 Å². The molecule has 0 amide bonds. The van der Waals surface area contributed by atoms with Gasteiger partial charge in [-0.2, -0.15) is 0 Å². The van der Waals surface area contributed by atoms with Crippen LogP contribution in [0.3, 0.4) is 0 Å². The van der Waals surface area contributed by atoms with Crippen molar-refractivity contribution in [2.24, 2.45) is 0 Å². The minimum atomic E-state index is -0.741. The highest BCUT2D eigenvalue weighted by molar-refractivity contribution is 5.94. The topological polar surface area (TPSA) is 77.4 Å². The van der Waals surface area contributed by atoms with Gasteiger partial charge in [-0.3, -0.25) is 0 Å². The lowest BCUT2D eigenvalue weighted by Gasteiger charge is -2.19. The van der Waals surface area contributed by atoms with Gasteiger partial charge in [0.2, 0.25) is 0 Å². The van der Waals surface area contributed by atoms with Gasteiger partial charge in [0.1, 0.15) is 36.9 Å². The zero-order valence-electron chi connectivity index (χ0n) is 16.9. The average molecular weight is 402 g/mol. The number of fused-ring (bicyclic) bond motifs is 1. The number of aliphatic hydroxyl groups is 2. The predicted molar refractivity (Wildman–Crippen MR) is 114 cm³/mol. The van der Waals surface area contributed by atoms with Crippen LogP contribution < -0.4 is 9.47 Å². The summed E-state index contributed by atoms with van der Waals surface area (Å²) in [6, 6.07) is 9.57. The Hall–Kier alpha value is -2.38. The van der Waals surface area contributed by atoms with Crippen LogP contribution in [0.2, 0.25) is 0 Å². The second-order valence-electron chi connectivity index (χ2n) is 6.65. The molecule has 0 aromatic heterocycles. The van der Waals surface area contributed by atoms with Crippen LogP contribution in [0, 0.1) is 6.92 Å². The van der Waals surface area contributed by atoms with Crippen molar-refractivity contribution in [3.8, 4) is 11.5 Å². The van der Waals surface area contributed by atoms with E-state index in [1.54, 1.807) is 12.2 Å². The van der Waals surface area contributed by atoms with E-state index in [1.807, 2.05) is 37.3 Å². The van der Waals surface area contributed by atoms with Gasteiger partial charge in [0.25, 0.3) is 0 Å². The predicted octanol–water partition coefficient (Wildman–Crippen LogP) is 3.03. The summed E-state index contributed by atoms with van der Waals surface area (Å²) < 4.78 is 22.2. The summed E-state index contributed by atoms with van der Waals surface area (Å²) in [5.41, 5.74) is 0.871. The van der Waals surface area contributed by atoms with Crippen molar-refractivity contribution in [3.63, 3.8) is 0 Å². The summed E-state index contributed by atoms with van der Waals surface area (Å²) in [6.45, 7) is 10.4. The van der Waals surface area contributed by atoms with E-state index < -0.39 is 12.2 Å². The van der Waals surface area contributed by atoms with Crippen LogP contribution in [0.15, 0.2) is 55.6 Å². The summed E-state index contributed by atoms with van der Waals surface area (Å²) in [5, 5.41) is 21.8. The minimum Gasteiger partial charge on any atom is -0.490 e. The third-order valence-corrected chi connectivity index (χ3v) is 4.09. The smallest absolute Gasteiger partial charge is 0.130 e. The fourth-order valence-corrected chi connectivity index (χ4v) is 2.80. The molecule has 2 atom stereocenters. The first-order chi connectivity index (χ1) is 14.1. The zero-order valence-corrected chi connectivity index (χ0v) is 16.9. The molecule has 0 fully saturated rings. The van der Waals surface area contributed by atoms with Crippen molar-refractivity contribution in [2.75, 3.05) is 39.6 Å². The molecule has 0 aliphatic rings. The number of hydrogen-bond acceptors (Lipinski definition) is 6. The van der Waals surface area contributed by atoms with Crippen LogP contribution in [0.25, 0.3) is 10.8 Å². The number of benzene rings is 2. The number of ether oxygens (including phenoxy) is 4. The normalized spacial score (nSPS) is 13.1. The Morgan fingerprint density at radius 1 is 0.862 bits per heavy atom. The van der Waals surface area contributed by atoms with Crippen molar-refractivity contribution in [1.82, 2.24) is 0 Å². The van der Waals surface area contributed by atoms with Crippen molar-refractivity contribution in [1.29, 1.82) is 0 Å². The first-order valence-corrected chi connectivity index (χ1v) is 9.58. The summed E-state index contributed by atoms with van der Waals surface area (Å²) in [4.78, 5) is 0. The largest absolute Gasteiger partial charge is 0.490 e. The quantitative estimate of drug-likeness (QED) is 0.374. The van der Waals surface area contributed by atoms with Gasteiger partial charge >= 0.3 is 0 Å². The standard InChI is InChI=1S/C23H30O6/c1-4-10-26-13-18(24)15-28-22-12-17(3)23(21-9-7-6-8-20(21)22)29-16-19(25)14-27-11-5-2/h4-9,12,18-19,24-25H,1-2,10-11,13-16H2,3H3. The second-order valence-corrected chi connectivity index (χ2v) is 6.65. The van der Waals surface area contributed by atoms with Crippen molar-refractivity contribution >= 4 is 10.8 Å². The fraction of sp³-hybridized carbons (Fsp3) is 0.391. The van der Waals surface area contributed by atoms with E-state index in [2.05, 4.69) is 13.2 Å². The molecule has 158 valence electrons. The highest BCUT2D eigenvalue weighted by Gasteiger charge is 2.15. The van der Waals surface area contributed by atoms with E-state index in [4.69, 9.17) is 18.9 Å². The van der Waals surface area contributed by atoms with Crippen LogP contribution in [0.1, 0.15) is 5.56 Å².